The van der Waals surface area contributed by atoms with E-state index in [2.05, 4.69) is 0 Å². The number of carbonyl (C=O) groups is 2. The third kappa shape index (κ3) is 1.85. The molecule has 3 atom stereocenters. The molecule has 0 amide bonds. The molecule has 17 heavy (non-hydrogen) atoms. The summed E-state index contributed by atoms with van der Waals surface area (Å²) in [6, 6.07) is 0. The number of carboxylic acid groups (broad SMARTS) is 2. The maximum absolute atomic E-state index is 11.4. The molecule has 0 radical (unpaired) electrons. The third-order valence-electron chi connectivity index (χ3n) is 4.34. The van der Waals surface area contributed by atoms with Gasteiger partial charge in [0.25, 0.3) is 0 Å². The number of aliphatic carboxylic acids is 2. The van der Waals surface area contributed by atoms with E-state index >= 15 is 0 Å². The lowest BCUT2D eigenvalue weighted by atomic mass is 9.60. The molecule has 0 heterocycles. The minimum Gasteiger partial charge on any atom is -0.481 e. The van der Waals surface area contributed by atoms with E-state index in [0.29, 0.717) is 6.42 Å². The van der Waals surface area contributed by atoms with Crippen LogP contribution in [0.5, 0.6) is 0 Å². The largest absolute Gasteiger partial charge is 0.481 e. The molecule has 0 aromatic rings. The molecule has 0 bridgehead atoms. The van der Waals surface area contributed by atoms with Crippen LogP contribution in [0.4, 0.5) is 0 Å². The maximum Gasteiger partial charge on any atom is 0.310 e. The topological polar surface area (TPSA) is 74.6 Å². The van der Waals surface area contributed by atoms with Crippen LogP contribution in [0, 0.1) is 17.3 Å². The van der Waals surface area contributed by atoms with Crippen molar-refractivity contribution in [3.8, 4) is 0 Å². The zero-order valence-corrected chi connectivity index (χ0v) is 9.98. The molecule has 2 aliphatic carbocycles. The van der Waals surface area contributed by atoms with Gasteiger partial charge in [-0.15, -0.1) is 0 Å². The summed E-state index contributed by atoms with van der Waals surface area (Å²) in [5.74, 6) is -2.81. The van der Waals surface area contributed by atoms with Gasteiger partial charge in [0.2, 0.25) is 0 Å². The Morgan fingerprint density at radius 2 is 2.06 bits per heavy atom. The summed E-state index contributed by atoms with van der Waals surface area (Å²) < 4.78 is 0. The highest BCUT2D eigenvalue weighted by Gasteiger charge is 2.52. The molecule has 0 unspecified atom stereocenters. The van der Waals surface area contributed by atoms with Crippen molar-refractivity contribution in [3.05, 3.63) is 11.6 Å². The molecule has 0 aromatic carbocycles. The van der Waals surface area contributed by atoms with Crippen molar-refractivity contribution in [1.82, 2.24) is 0 Å². The fourth-order valence-corrected chi connectivity index (χ4v) is 3.28. The summed E-state index contributed by atoms with van der Waals surface area (Å²) in [4.78, 5) is 22.8. The van der Waals surface area contributed by atoms with E-state index in [4.69, 9.17) is 0 Å². The van der Waals surface area contributed by atoms with Gasteiger partial charge >= 0.3 is 11.9 Å². The zero-order valence-electron chi connectivity index (χ0n) is 9.98. The van der Waals surface area contributed by atoms with Gasteiger partial charge in [-0.1, -0.05) is 18.1 Å². The number of allylic oxidation sites excluding steroid dienone is 2. The van der Waals surface area contributed by atoms with Crippen LogP contribution in [0.1, 0.15) is 39.0 Å². The van der Waals surface area contributed by atoms with Crippen molar-refractivity contribution in [2.45, 2.75) is 39.0 Å². The summed E-state index contributed by atoms with van der Waals surface area (Å²) in [6.45, 7) is 1.57. The molecular formula is C13H18O4. The first-order valence-electron chi connectivity index (χ1n) is 6.12. The van der Waals surface area contributed by atoms with Gasteiger partial charge in [0.15, 0.2) is 0 Å². The second kappa shape index (κ2) is 4.17. The predicted molar refractivity (Wildman–Crippen MR) is 61.5 cm³/mol. The van der Waals surface area contributed by atoms with Crippen LogP contribution in [0.3, 0.4) is 0 Å². The zero-order chi connectivity index (χ0) is 12.6. The highest BCUT2D eigenvalue weighted by Crippen LogP contribution is 2.49. The Morgan fingerprint density at radius 1 is 1.35 bits per heavy atom. The van der Waals surface area contributed by atoms with E-state index in [1.165, 1.54) is 5.57 Å². The lowest BCUT2D eigenvalue weighted by Gasteiger charge is -2.42. The average Bonchev–Trinajstić information content (AvgIpc) is 2.28. The van der Waals surface area contributed by atoms with Gasteiger partial charge in [0, 0.05) is 0 Å². The van der Waals surface area contributed by atoms with Gasteiger partial charge in [-0.3, -0.25) is 9.59 Å². The summed E-state index contributed by atoms with van der Waals surface area (Å²) in [6.07, 6.45) is 6.15. The molecular weight excluding hydrogens is 220 g/mol. The van der Waals surface area contributed by atoms with Crippen molar-refractivity contribution in [3.63, 3.8) is 0 Å². The number of rotatable bonds is 2. The standard InChI is InChI=1S/C13H18O4/c1-13(12(16)17)7-6-8-4-2-3-5-9(8)10(13)11(14)15/h6,9-10H,2-5,7H2,1H3,(H,14,15)(H,16,17)/t9-,10+,13+/m0/s1. The van der Waals surface area contributed by atoms with Gasteiger partial charge in [-0.05, 0) is 38.5 Å². The molecule has 0 aromatic heterocycles. The Kier molecular flexibility index (Phi) is 2.98. The first-order valence-corrected chi connectivity index (χ1v) is 6.12. The monoisotopic (exact) mass is 238 g/mol. The molecule has 2 rings (SSSR count). The van der Waals surface area contributed by atoms with Crippen molar-refractivity contribution in [2.75, 3.05) is 0 Å². The highest BCUT2D eigenvalue weighted by atomic mass is 16.4. The lowest BCUT2D eigenvalue weighted by Crippen LogP contribution is -2.47. The normalized spacial score (nSPS) is 36.9. The van der Waals surface area contributed by atoms with Gasteiger partial charge < -0.3 is 10.2 Å². The summed E-state index contributed by atoms with van der Waals surface area (Å²) >= 11 is 0. The van der Waals surface area contributed by atoms with Crippen LogP contribution in [-0.4, -0.2) is 22.2 Å². The Morgan fingerprint density at radius 3 is 2.65 bits per heavy atom. The average molecular weight is 238 g/mol. The van der Waals surface area contributed by atoms with E-state index in [9.17, 15) is 19.8 Å². The van der Waals surface area contributed by atoms with Gasteiger partial charge in [0.1, 0.15) is 0 Å². The Labute approximate surface area is 100 Å². The quantitative estimate of drug-likeness (QED) is 0.724. The minimum atomic E-state index is -1.16. The Bertz CT molecular complexity index is 385. The van der Waals surface area contributed by atoms with Crippen molar-refractivity contribution >= 4 is 11.9 Å². The van der Waals surface area contributed by atoms with Crippen LogP contribution in [0.25, 0.3) is 0 Å². The smallest absolute Gasteiger partial charge is 0.310 e. The van der Waals surface area contributed by atoms with E-state index in [1.54, 1.807) is 6.92 Å². The van der Waals surface area contributed by atoms with Crippen LogP contribution in [0.15, 0.2) is 11.6 Å². The number of hydrogen-bond donors (Lipinski definition) is 2. The molecule has 2 aliphatic rings. The summed E-state index contributed by atoms with van der Waals surface area (Å²) in [5.41, 5.74) is 0.0134. The molecule has 4 heteroatoms. The van der Waals surface area contributed by atoms with E-state index in [1.807, 2.05) is 6.08 Å². The van der Waals surface area contributed by atoms with Crippen LogP contribution in [-0.2, 0) is 9.59 Å². The first-order chi connectivity index (χ1) is 7.97. The van der Waals surface area contributed by atoms with Crippen molar-refractivity contribution < 1.29 is 19.8 Å². The van der Waals surface area contributed by atoms with Gasteiger partial charge in [0.05, 0.1) is 11.3 Å². The van der Waals surface area contributed by atoms with Gasteiger partial charge in [-0.2, -0.15) is 0 Å². The number of carboxylic acids is 2. The third-order valence-corrected chi connectivity index (χ3v) is 4.34. The van der Waals surface area contributed by atoms with E-state index < -0.39 is 23.3 Å². The highest BCUT2D eigenvalue weighted by molar-refractivity contribution is 5.84. The second-order valence-electron chi connectivity index (χ2n) is 5.37. The van der Waals surface area contributed by atoms with Crippen LogP contribution >= 0.6 is 0 Å². The molecule has 1 saturated carbocycles. The van der Waals surface area contributed by atoms with Crippen molar-refractivity contribution in [1.29, 1.82) is 0 Å². The Hall–Kier alpha value is -1.32. The molecule has 0 spiro atoms. The molecule has 0 saturated heterocycles. The van der Waals surface area contributed by atoms with E-state index in [0.717, 1.165) is 25.7 Å². The summed E-state index contributed by atoms with van der Waals surface area (Å²) in [5, 5.41) is 18.7. The summed E-state index contributed by atoms with van der Waals surface area (Å²) in [7, 11) is 0. The van der Waals surface area contributed by atoms with Crippen LogP contribution < -0.4 is 0 Å². The molecule has 4 nitrogen and oxygen atoms in total. The number of hydrogen-bond acceptors (Lipinski definition) is 2. The van der Waals surface area contributed by atoms with E-state index in [-0.39, 0.29) is 5.92 Å². The second-order valence-corrected chi connectivity index (χ2v) is 5.37. The maximum atomic E-state index is 11.4. The fraction of sp³-hybridized carbons (Fsp3) is 0.692. The first kappa shape index (κ1) is 12.1. The Balaban J connectivity index is 2.41. The predicted octanol–water partition coefficient (Wildman–Crippen LogP) is 2.30. The lowest BCUT2D eigenvalue weighted by molar-refractivity contribution is -0.164. The number of fused-ring (bicyclic) bond motifs is 1. The van der Waals surface area contributed by atoms with Crippen molar-refractivity contribution in [2.24, 2.45) is 17.3 Å². The van der Waals surface area contributed by atoms with Gasteiger partial charge in [-0.25, -0.2) is 0 Å². The SMILES string of the molecule is C[C@@]1(C(=O)O)CC=C2CCCC[C@@H]2[C@@H]1C(=O)O. The fourth-order valence-electron chi connectivity index (χ4n) is 3.28. The molecule has 1 fully saturated rings. The van der Waals surface area contributed by atoms with Crippen LogP contribution in [0.2, 0.25) is 0 Å². The minimum absolute atomic E-state index is 0.0731. The molecule has 2 N–H and O–H groups in total. The molecule has 0 aliphatic heterocycles. The molecule has 94 valence electrons.